The fraction of sp³-hybridized carbons (Fsp3) is 0. The van der Waals surface area contributed by atoms with Gasteiger partial charge in [0.1, 0.15) is 17.2 Å². The highest BCUT2D eigenvalue weighted by molar-refractivity contribution is 6.13. The first-order chi connectivity index (χ1) is 21.2. The van der Waals surface area contributed by atoms with Gasteiger partial charge in [-0.25, -0.2) is 0 Å². The maximum absolute atomic E-state index is 10.0. The van der Waals surface area contributed by atoms with Gasteiger partial charge in [0.25, 0.3) is 0 Å². The summed E-state index contributed by atoms with van der Waals surface area (Å²) in [6, 6.07) is 45.7. The van der Waals surface area contributed by atoms with Gasteiger partial charge in [-0.15, -0.1) is 0 Å². The predicted molar refractivity (Wildman–Crippen MR) is 172 cm³/mol. The number of hydrogen-bond acceptors (Lipinski definition) is 3. The number of para-hydroxylation sites is 3. The van der Waals surface area contributed by atoms with E-state index in [2.05, 4.69) is 94.1 Å². The first kappa shape index (κ1) is 23.4. The third-order valence-corrected chi connectivity index (χ3v) is 8.57. The number of aromatic nitrogens is 2. The van der Waals surface area contributed by atoms with Gasteiger partial charge in [0.15, 0.2) is 0 Å². The third-order valence-electron chi connectivity index (χ3n) is 8.57. The summed E-state index contributed by atoms with van der Waals surface area (Å²) in [7, 11) is 0. The van der Waals surface area contributed by atoms with Crippen molar-refractivity contribution in [1.82, 2.24) is 9.13 Å². The molecule has 0 aliphatic rings. The Morgan fingerprint density at radius 3 is 1.86 bits per heavy atom. The molecule has 0 fully saturated rings. The molecule has 3 aromatic heterocycles. The van der Waals surface area contributed by atoms with Crippen LogP contribution < -0.4 is 0 Å². The molecule has 0 radical (unpaired) electrons. The minimum atomic E-state index is 0.606. The zero-order valence-corrected chi connectivity index (χ0v) is 22.7. The highest BCUT2D eigenvalue weighted by Crippen LogP contribution is 2.39. The minimum Gasteiger partial charge on any atom is -0.456 e. The highest BCUT2D eigenvalue weighted by atomic mass is 16.3. The lowest BCUT2D eigenvalue weighted by molar-refractivity contribution is 0.669. The van der Waals surface area contributed by atoms with Crippen molar-refractivity contribution in [3.8, 4) is 23.5 Å². The molecule has 5 nitrogen and oxygen atoms in total. The summed E-state index contributed by atoms with van der Waals surface area (Å²) < 4.78 is 10.6. The molecule has 0 aliphatic carbocycles. The van der Waals surface area contributed by atoms with E-state index in [1.165, 1.54) is 0 Å². The Balaban J connectivity index is 1.34. The van der Waals surface area contributed by atoms with Gasteiger partial charge in [-0.05, 0) is 72.8 Å². The van der Waals surface area contributed by atoms with E-state index in [4.69, 9.17) is 4.42 Å². The maximum atomic E-state index is 10.0. The van der Waals surface area contributed by atoms with Crippen molar-refractivity contribution >= 4 is 65.6 Å². The van der Waals surface area contributed by atoms with E-state index in [-0.39, 0.29) is 0 Å². The van der Waals surface area contributed by atoms with Gasteiger partial charge in [0, 0.05) is 43.7 Å². The largest absolute Gasteiger partial charge is 0.456 e. The normalized spacial score (nSPS) is 11.7. The number of fused-ring (bicyclic) bond motifs is 9. The first-order valence-corrected chi connectivity index (χ1v) is 14.1. The summed E-state index contributed by atoms with van der Waals surface area (Å²) in [6.07, 6.45) is 0. The molecule has 6 aromatic carbocycles. The number of hydrogen-bond donors (Lipinski definition) is 0. The van der Waals surface area contributed by atoms with Crippen molar-refractivity contribution in [2.45, 2.75) is 0 Å². The van der Waals surface area contributed by atoms with Crippen molar-refractivity contribution in [3.63, 3.8) is 0 Å². The standard InChI is InChI=1S/C38H20N4O/c39-21-23-12-16-36-31(18-23)32-20-25(14-17-37(32)43-36)41-33-10-3-2-8-28(33)30-19-26(13-15-35(30)41)42-34-11-4-1-7-27(34)29-9-5-6-24(22-40)38(29)42/h1-20H. The molecule has 0 bridgehead atoms. The quantitative estimate of drug-likeness (QED) is 0.216. The van der Waals surface area contributed by atoms with Crippen LogP contribution in [0.1, 0.15) is 11.1 Å². The Bertz CT molecular complexity index is 2710. The predicted octanol–water partition coefficient (Wildman–Crippen LogP) is 9.52. The topological polar surface area (TPSA) is 70.6 Å². The van der Waals surface area contributed by atoms with E-state index in [1.807, 2.05) is 42.5 Å². The molecule has 0 spiro atoms. The third kappa shape index (κ3) is 3.19. The van der Waals surface area contributed by atoms with E-state index < -0.39 is 0 Å². The summed E-state index contributed by atoms with van der Waals surface area (Å²) in [5.74, 6) is 0. The average Bonchev–Trinajstić information content (AvgIpc) is 3.71. The molecular weight excluding hydrogens is 528 g/mol. The van der Waals surface area contributed by atoms with Gasteiger partial charge >= 0.3 is 0 Å². The molecule has 0 unspecified atom stereocenters. The van der Waals surface area contributed by atoms with Crippen molar-refractivity contribution in [1.29, 1.82) is 10.5 Å². The Kier molecular flexibility index (Phi) is 4.68. The van der Waals surface area contributed by atoms with E-state index in [1.54, 1.807) is 6.07 Å². The summed E-state index contributed by atoms with van der Waals surface area (Å²) in [5.41, 5.74) is 8.99. The molecule has 43 heavy (non-hydrogen) atoms. The van der Waals surface area contributed by atoms with Gasteiger partial charge in [0.05, 0.1) is 39.3 Å². The molecule has 5 heteroatoms. The molecule has 0 atom stereocenters. The molecule has 0 N–H and O–H groups in total. The van der Waals surface area contributed by atoms with Crippen molar-refractivity contribution in [2.24, 2.45) is 0 Å². The van der Waals surface area contributed by atoms with Crippen LogP contribution in [0, 0.1) is 22.7 Å². The Morgan fingerprint density at radius 1 is 0.465 bits per heavy atom. The van der Waals surface area contributed by atoms with E-state index in [0.29, 0.717) is 11.1 Å². The fourth-order valence-corrected chi connectivity index (χ4v) is 6.73. The zero-order valence-electron chi connectivity index (χ0n) is 22.7. The summed E-state index contributed by atoms with van der Waals surface area (Å²) >= 11 is 0. The summed E-state index contributed by atoms with van der Waals surface area (Å²) in [4.78, 5) is 0. The van der Waals surface area contributed by atoms with Crippen LogP contribution in [0.5, 0.6) is 0 Å². The SMILES string of the molecule is N#Cc1ccc2oc3ccc(-n4c5ccccc5c5cc(-n6c7ccccc7c7cccc(C#N)c76)ccc54)cc3c2c1. The maximum Gasteiger partial charge on any atom is 0.135 e. The average molecular weight is 549 g/mol. The summed E-state index contributed by atoms with van der Waals surface area (Å²) in [6.45, 7) is 0. The number of rotatable bonds is 2. The Morgan fingerprint density at radius 2 is 1.07 bits per heavy atom. The smallest absolute Gasteiger partial charge is 0.135 e. The minimum absolute atomic E-state index is 0.606. The Hall–Kier alpha value is -6.30. The van der Waals surface area contributed by atoms with Gasteiger partial charge < -0.3 is 13.6 Å². The molecule has 9 aromatic rings. The van der Waals surface area contributed by atoms with Crippen LogP contribution in [-0.4, -0.2) is 9.13 Å². The van der Waals surface area contributed by atoms with Crippen LogP contribution in [0.3, 0.4) is 0 Å². The van der Waals surface area contributed by atoms with Crippen LogP contribution in [0.25, 0.3) is 76.9 Å². The summed E-state index contributed by atoms with van der Waals surface area (Å²) in [5, 5.41) is 25.9. The monoisotopic (exact) mass is 548 g/mol. The number of benzene rings is 6. The number of nitrogens with zero attached hydrogens (tertiary/aromatic N) is 4. The van der Waals surface area contributed by atoms with E-state index in [9.17, 15) is 10.5 Å². The fourth-order valence-electron chi connectivity index (χ4n) is 6.73. The van der Waals surface area contributed by atoms with Gasteiger partial charge in [-0.1, -0.05) is 48.5 Å². The molecule has 0 aliphatic heterocycles. The van der Waals surface area contributed by atoms with Crippen molar-refractivity contribution < 1.29 is 4.42 Å². The van der Waals surface area contributed by atoms with Gasteiger partial charge in [-0.3, -0.25) is 0 Å². The van der Waals surface area contributed by atoms with Crippen LogP contribution in [0.4, 0.5) is 0 Å². The first-order valence-electron chi connectivity index (χ1n) is 14.1. The number of furan rings is 1. The van der Waals surface area contributed by atoms with Gasteiger partial charge in [0.2, 0.25) is 0 Å². The Labute approximate surface area is 245 Å². The highest BCUT2D eigenvalue weighted by Gasteiger charge is 2.18. The zero-order chi connectivity index (χ0) is 28.7. The second-order valence-electron chi connectivity index (χ2n) is 10.8. The van der Waals surface area contributed by atoms with Crippen LogP contribution in [0.15, 0.2) is 126 Å². The lowest BCUT2D eigenvalue weighted by Crippen LogP contribution is -1.97. The van der Waals surface area contributed by atoms with Crippen LogP contribution >= 0.6 is 0 Å². The lowest BCUT2D eigenvalue weighted by atomic mass is 10.1. The second kappa shape index (κ2) is 8.60. The molecule has 0 saturated carbocycles. The van der Waals surface area contributed by atoms with Crippen molar-refractivity contribution in [2.75, 3.05) is 0 Å². The molecule has 198 valence electrons. The van der Waals surface area contributed by atoms with E-state index >= 15 is 0 Å². The van der Waals surface area contributed by atoms with E-state index in [0.717, 1.165) is 76.9 Å². The molecule has 9 rings (SSSR count). The van der Waals surface area contributed by atoms with Crippen LogP contribution in [0.2, 0.25) is 0 Å². The van der Waals surface area contributed by atoms with Gasteiger partial charge in [-0.2, -0.15) is 10.5 Å². The van der Waals surface area contributed by atoms with Crippen LogP contribution in [-0.2, 0) is 0 Å². The molecule has 0 saturated heterocycles. The second-order valence-corrected chi connectivity index (χ2v) is 10.8. The van der Waals surface area contributed by atoms with Crippen molar-refractivity contribution in [3.05, 3.63) is 132 Å². The molecule has 3 heterocycles. The molecular formula is C38H20N4O. The number of nitriles is 2. The lowest BCUT2D eigenvalue weighted by Gasteiger charge is -2.11. The molecule has 0 amide bonds.